The van der Waals surface area contributed by atoms with Gasteiger partial charge in [-0.3, -0.25) is 0 Å². The van der Waals surface area contributed by atoms with E-state index in [0.717, 1.165) is 19.5 Å². The van der Waals surface area contributed by atoms with Crippen LogP contribution < -0.4 is 16.0 Å². The number of carbonyl (C=O) groups is 1. The number of hydrogen-bond donors (Lipinski definition) is 3. The molecule has 0 aromatic heterocycles. The van der Waals surface area contributed by atoms with Crippen molar-refractivity contribution >= 4 is 18.4 Å². The lowest BCUT2D eigenvalue weighted by Gasteiger charge is -2.12. The zero-order valence-electron chi connectivity index (χ0n) is 9.91. The van der Waals surface area contributed by atoms with Crippen LogP contribution in [0.1, 0.15) is 12.0 Å². The molecule has 1 saturated heterocycles. The van der Waals surface area contributed by atoms with Crippen LogP contribution in [0.3, 0.4) is 0 Å². The molecule has 18 heavy (non-hydrogen) atoms. The first-order chi connectivity index (χ1) is 8.25. The SMILES string of the molecule is Cl.O=C(NCc1ccccc1F)N[C@@H]1CCNC1. The molecule has 1 aromatic carbocycles. The maximum atomic E-state index is 13.3. The topological polar surface area (TPSA) is 53.2 Å². The molecule has 1 heterocycles. The molecule has 100 valence electrons. The summed E-state index contributed by atoms with van der Waals surface area (Å²) in [6.45, 7) is 1.93. The molecule has 0 unspecified atom stereocenters. The standard InChI is InChI=1S/C12H16FN3O.ClH/c13-11-4-2-1-3-9(11)7-15-12(17)16-10-5-6-14-8-10;/h1-4,10,14H,5-8H2,(H2,15,16,17);1H/t10-;/m1./s1. The zero-order valence-corrected chi connectivity index (χ0v) is 10.7. The van der Waals surface area contributed by atoms with Crippen molar-refractivity contribution in [2.45, 2.75) is 19.0 Å². The second kappa shape index (κ2) is 7.18. The van der Waals surface area contributed by atoms with Crippen LogP contribution in [-0.2, 0) is 6.54 Å². The Morgan fingerprint density at radius 2 is 2.22 bits per heavy atom. The molecule has 0 aliphatic carbocycles. The van der Waals surface area contributed by atoms with Gasteiger partial charge in [0, 0.05) is 24.7 Å². The fourth-order valence-electron chi connectivity index (χ4n) is 1.83. The molecule has 1 atom stereocenters. The van der Waals surface area contributed by atoms with Gasteiger partial charge in [0.25, 0.3) is 0 Å². The number of amides is 2. The molecule has 0 saturated carbocycles. The van der Waals surface area contributed by atoms with E-state index in [1.54, 1.807) is 18.2 Å². The third-order valence-electron chi connectivity index (χ3n) is 2.79. The maximum Gasteiger partial charge on any atom is 0.315 e. The third kappa shape index (κ3) is 4.16. The number of urea groups is 1. The van der Waals surface area contributed by atoms with E-state index >= 15 is 0 Å². The van der Waals surface area contributed by atoms with Gasteiger partial charge in [0.2, 0.25) is 0 Å². The average Bonchev–Trinajstić information content (AvgIpc) is 2.81. The Labute approximate surface area is 112 Å². The number of rotatable bonds is 3. The lowest BCUT2D eigenvalue weighted by molar-refractivity contribution is 0.237. The van der Waals surface area contributed by atoms with Gasteiger partial charge in [0.05, 0.1) is 0 Å². The van der Waals surface area contributed by atoms with Gasteiger partial charge in [-0.25, -0.2) is 9.18 Å². The van der Waals surface area contributed by atoms with Crippen molar-refractivity contribution in [2.75, 3.05) is 13.1 Å². The second-order valence-electron chi connectivity index (χ2n) is 4.11. The Morgan fingerprint density at radius 3 is 2.89 bits per heavy atom. The Balaban J connectivity index is 0.00000162. The van der Waals surface area contributed by atoms with E-state index in [1.807, 2.05) is 0 Å². The molecular formula is C12H17ClFN3O. The highest BCUT2D eigenvalue weighted by molar-refractivity contribution is 5.85. The minimum absolute atomic E-state index is 0. The van der Waals surface area contributed by atoms with E-state index in [0.29, 0.717) is 5.56 Å². The summed E-state index contributed by atoms with van der Waals surface area (Å²) in [5.74, 6) is -0.296. The summed E-state index contributed by atoms with van der Waals surface area (Å²) in [4.78, 5) is 11.5. The summed E-state index contributed by atoms with van der Waals surface area (Å²) in [7, 11) is 0. The van der Waals surface area contributed by atoms with Gasteiger partial charge >= 0.3 is 6.03 Å². The maximum absolute atomic E-state index is 13.3. The predicted octanol–water partition coefficient (Wildman–Crippen LogP) is 1.41. The van der Waals surface area contributed by atoms with Crippen molar-refractivity contribution < 1.29 is 9.18 Å². The summed E-state index contributed by atoms with van der Waals surface area (Å²) in [6, 6.07) is 6.35. The summed E-state index contributed by atoms with van der Waals surface area (Å²) in [5, 5.41) is 8.64. The van der Waals surface area contributed by atoms with Crippen molar-refractivity contribution in [1.82, 2.24) is 16.0 Å². The minimum atomic E-state index is -0.296. The number of hydrogen-bond acceptors (Lipinski definition) is 2. The summed E-state index contributed by atoms with van der Waals surface area (Å²) < 4.78 is 13.3. The number of nitrogens with one attached hydrogen (secondary N) is 3. The summed E-state index contributed by atoms with van der Waals surface area (Å²) in [5.41, 5.74) is 0.493. The molecule has 1 aliphatic heterocycles. The van der Waals surface area contributed by atoms with Crippen molar-refractivity contribution in [3.8, 4) is 0 Å². The van der Waals surface area contributed by atoms with E-state index in [2.05, 4.69) is 16.0 Å². The molecule has 2 rings (SSSR count). The van der Waals surface area contributed by atoms with Gasteiger partial charge in [-0.05, 0) is 19.0 Å². The Kier molecular flexibility index (Phi) is 5.88. The van der Waals surface area contributed by atoms with Crippen molar-refractivity contribution in [3.05, 3.63) is 35.6 Å². The van der Waals surface area contributed by atoms with Crippen molar-refractivity contribution in [2.24, 2.45) is 0 Å². The highest BCUT2D eigenvalue weighted by Gasteiger charge is 2.16. The van der Waals surface area contributed by atoms with Crippen molar-refractivity contribution in [1.29, 1.82) is 0 Å². The highest BCUT2D eigenvalue weighted by Crippen LogP contribution is 2.05. The molecule has 2 amide bonds. The predicted molar refractivity (Wildman–Crippen MR) is 70.3 cm³/mol. The smallest absolute Gasteiger partial charge is 0.315 e. The van der Waals surface area contributed by atoms with E-state index in [9.17, 15) is 9.18 Å². The van der Waals surface area contributed by atoms with Crippen LogP contribution in [0.15, 0.2) is 24.3 Å². The molecular weight excluding hydrogens is 257 g/mol. The molecule has 0 bridgehead atoms. The van der Waals surface area contributed by atoms with Gasteiger partial charge in [-0.15, -0.1) is 12.4 Å². The van der Waals surface area contributed by atoms with Gasteiger partial charge in [0.1, 0.15) is 5.82 Å². The Morgan fingerprint density at radius 1 is 1.44 bits per heavy atom. The molecule has 0 radical (unpaired) electrons. The Bertz CT molecular complexity index is 397. The van der Waals surface area contributed by atoms with Crippen LogP contribution in [0.2, 0.25) is 0 Å². The first-order valence-electron chi connectivity index (χ1n) is 5.74. The number of halogens is 2. The Hall–Kier alpha value is -1.33. The molecule has 1 aromatic rings. The summed E-state index contributed by atoms with van der Waals surface area (Å²) >= 11 is 0. The van der Waals surface area contributed by atoms with Crippen LogP contribution >= 0.6 is 12.4 Å². The lowest BCUT2D eigenvalue weighted by Crippen LogP contribution is -2.42. The fraction of sp³-hybridized carbons (Fsp3) is 0.417. The van der Waals surface area contributed by atoms with Gasteiger partial charge in [-0.1, -0.05) is 18.2 Å². The monoisotopic (exact) mass is 273 g/mol. The molecule has 3 N–H and O–H groups in total. The largest absolute Gasteiger partial charge is 0.334 e. The molecule has 0 spiro atoms. The number of benzene rings is 1. The second-order valence-corrected chi connectivity index (χ2v) is 4.11. The van der Waals surface area contributed by atoms with Crippen molar-refractivity contribution in [3.63, 3.8) is 0 Å². The number of carbonyl (C=O) groups excluding carboxylic acids is 1. The average molecular weight is 274 g/mol. The van der Waals surface area contributed by atoms with Gasteiger partial charge in [0.15, 0.2) is 0 Å². The fourth-order valence-corrected chi connectivity index (χ4v) is 1.83. The van der Waals surface area contributed by atoms with Crippen LogP contribution in [0, 0.1) is 5.82 Å². The normalized spacial score (nSPS) is 17.9. The first-order valence-corrected chi connectivity index (χ1v) is 5.74. The van der Waals surface area contributed by atoms with Crippen LogP contribution in [0.25, 0.3) is 0 Å². The molecule has 6 heteroatoms. The molecule has 1 fully saturated rings. The van der Waals surface area contributed by atoms with Crippen LogP contribution in [-0.4, -0.2) is 25.2 Å². The van der Waals surface area contributed by atoms with E-state index in [-0.39, 0.29) is 36.8 Å². The van der Waals surface area contributed by atoms with Crippen LogP contribution in [0.5, 0.6) is 0 Å². The zero-order chi connectivity index (χ0) is 12.1. The quantitative estimate of drug-likeness (QED) is 0.780. The van der Waals surface area contributed by atoms with E-state index < -0.39 is 0 Å². The van der Waals surface area contributed by atoms with Crippen LogP contribution in [0.4, 0.5) is 9.18 Å². The molecule has 4 nitrogen and oxygen atoms in total. The minimum Gasteiger partial charge on any atom is -0.334 e. The van der Waals surface area contributed by atoms with E-state index in [4.69, 9.17) is 0 Å². The molecule has 1 aliphatic rings. The van der Waals surface area contributed by atoms with Gasteiger partial charge in [-0.2, -0.15) is 0 Å². The van der Waals surface area contributed by atoms with E-state index in [1.165, 1.54) is 6.07 Å². The third-order valence-corrected chi connectivity index (χ3v) is 2.79. The summed E-state index contributed by atoms with van der Waals surface area (Å²) in [6.07, 6.45) is 0.938. The highest BCUT2D eigenvalue weighted by atomic mass is 35.5. The first kappa shape index (κ1) is 14.7. The lowest BCUT2D eigenvalue weighted by atomic mass is 10.2. The van der Waals surface area contributed by atoms with Gasteiger partial charge < -0.3 is 16.0 Å².